The summed E-state index contributed by atoms with van der Waals surface area (Å²) in [5.41, 5.74) is 6.51. The summed E-state index contributed by atoms with van der Waals surface area (Å²) in [7, 11) is 0. The molecule has 18 heavy (non-hydrogen) atoms. The van der Waals surface area contributed by atoms with Crippen molar-refractivity contribution in [1.29, 1.82) is 5.26 Å². The second-order valence-corrected chi connectivity index (χ2v) is 4.63. The van der Waals surface area contributed by atoms with Gasteiger partial charge in [0.05, 0.1) is 23.0 Å². The number of nitrogens with one attached hydrogen (secondary N) is 1. The van der Waals surface area contributed by atoms with E-state index in [1.807, 2.05) is 6.07 Å². The Labute approximate surface area is 112 Å². The summed E-state index contributed by atoms with van der Waals surface area (Å²) in [5.74, 6) is -0.421. The highest BCUT2D eigenvalue weighted by Crippen LogP contribution is 2.24. The van der Waals surface area contributed by atoms with E-state index >= 15 is 0 Å². The monoisotopic (exact) mass is 278 g/mol. The summed E-state index contributed by atoms with van der Waals surface area (Å²) < 4.78 is 0. The Hall–Kier alpha value is -2.10. The number of nitrogens with two attached hydrogens (primary N) is 1. The molecule has 7 heteroatoms. The Bertz CT molecular complexity index is 647. The summed E-state index contributed by atoms with van der Waals surface area (Å²) in [4.78, 5) is 15.7. The second kappa shape index (κ2) is 5.04. The highest BCUT2D eigenvalue weighted by Gasteiger charge is 2.13. The number of anilines is 2. The molecule has 0 aliphatic rings. The van der Waals surface area contributed by atoms with Gasteiger partial charge in [-0.3, -0.25) is 4.79 Å². The molecule has 0 unspecified atom stereocenters. The van der Waals surface area contributed by atoms with Gasteiger partial charge in [0.15, 0.2) is 0 Å². The minimum atomic E-state index is -0.421. The molecule has 0 saturated heterocycles. The highest BCUT2D eigenvalue weighted by molar-refractivity contribution is 7.14. The first-order chi connectivity index (χ1) is 8.61. The van der Waals surface area contributed by atoms with Crippen LogP contribution in [0, 0.1) is 11.3 Å². The zero-order chi connectivity index (χ0) is 13.1. The lowest BCUT2D eigenvalue weighted by Crippen LogP contribution is -2.14. The Morgan fingerprint density at radius 1 is 1.61 bits per heavy atom. The Morgan fingerprint density at radius 3 is 3.11 bits per heavy atom. The maximum Gasteiger partial charge on any atom is 0.258 e. The molecule has 0 aromatic carbocycles. The van der Waals surface area contributed by atoms with Crippen molar-refractivity contribution < 1.29 is 4.79 Å². The normalized spacial score (nSPS) is 9.78. The molecule has 3 N–H and O–H groups in total. The molecule has 0 atom stereocenters. The third-order valence-electron chi connectivity index (χ3n) is 2.16. The van der Waals surface area contributed by atoms with E-state index in [2.05, 4.69) is 10.3 Å². The van der Waals surface area contributed by atoms with Crippen molar-refractivity contribution in [3.8, 4) is 6.07 Å². The van der Waals surface area contributed by atoms with E-state index in [1.54, 1.807) is 11.4 Å². The second-order valence-electron chi connectivity index (χ2n) is 3.32. The number of halogens is 1. The lowest BCUT2D eigenvalue weighted by atomic mass is 10.2. The first kappa shape index (κ1) is 12.4. The number of thiophene rings is 1. The van der Waals surface area contributed by atoms with Gasteiger partial charge in [0, 0.05) is 0 Å². The molecular formula is C11H7ClN4OS. The number of hydrogen-bond acceptors (Lipinski definition) is 5. The van der Waals surface area contributed by atoms with Crippen molar-refractivity contribution in [3.05, 3.63) is 40.0 Å². The third kappa shape index (κ3) is 2.42. The van der Waals surface area contributed by atoms with Gasteiger partial charge in [0.25, 0.3) is 5.91 Å². The van der Waals surface area contributed by atoms with Crippen LogP contribution in [0.4, 0.5) is 10.7 Å². The summed E-state index contributed by atoms with van der Waals surface area (Å²) in [6.45, 7) is 0. The minimum Gasteiger partial charge on any atom is -0.397 e. The lowest BCUT2D eigenvalue weighted by molar-refractivity contribution is 0.102. The number of hydrogen-bond donors (Lipinski definition) is 2. The third-order valence-corrected chi connectivity index (χ3v) is 3.20. The zero-order valence-electron chi connectivity index (χ0n) is 8.98. The molecule has 2 heterocycles. The van der Waals surface area contributed by atoms with Gasteiger partial charge < -0.3 is 11.1 Å². The fraction of sp³-hybridized carbons (Fsp3) is 0. The number of pyridine rings is 1. The topological polar surface area (TPSA) is 91.8 Å². The molecule has 2 aromatic heterocycles. The number of rotatable bonds is 2. The number of carbonyl (C=O) groups excluding carboxylic acids is 1. The van der Waals surface area contributed by atoms with Crippen LogP contribution in [-0.4, -0.2) is 10.9 Å². The number of nitriles is 1. The van der Waals surface area contributed by atoms with Gasteiger partial charge in [-0.25, -0.2) is 4.98 Å². The molecule has 0 aliphatic carbocycles. The summed E-state index contributed by atoms with van der Waals surface area (Å²) in [5, 5.41) is 13.8. The predicted octanol–water partition coefficient (Wildman–Crippen LogP) is 2.50. The molecule has 90 valence electrons. The van der Waals surface area contributed by atoms with E-state index in [9.17, 15) is 4.79 Å². The molecule has 2 rings (SSSR count). The summed E-state index contributed by atoms with van der Waals surface area (Å²) in [6, 6.07) is 4.99. The molecule has 1 amide bonds. The molecule has 0 radical (unpaired) electrons. The van der Waals surface area contributed by atoms with Crippen LogP contribution in [0.5, 0.6) is 0 Å². The molecular weight excluding hydrogens is 272 g/mol. The first-order valence-electron chi connectivity index (χ1n) is 4.82. The van der Waals surface area contributed by atoms with Crippen LogP contribution in [0.2, 0.25) is 5.15 Å². The fourth-order valence-electron chi connectivity index (χ4n) is 1.30. The number of amides is 1. The van der Waals surface area contributed by atoms with Crippen molar-refractivity contribution in [2.75, 3.05) is 11.1 Å². The van der Waals surface area contributed by atoms with Gasteiger partial charge in [-0.1, -0.05) is 11.6 Å². The molecule has 2 aromatic rings. The van der Waals surface area contributed by atoms with E-state index in [1.165, 1.54) is 23.6 Å². The fourth-order valence-corrected chi connectivity index (χ4v) is 2.19. The van der Waals surface area contributed by atoms with Crippen LogP contribution in [0.25, 0.3) is 0 Å². The molecule has 0 spiro atoms. The first-order valence-corrected chi connectivity index (χ1v) is 6.07. The Balaban J connectivity index is 2.28. The van der Waals surface area contributed by atoms with Crippen molar-refractivity contribution in [1.82, 2.24) is 4.98 Å². The lowest BCUT2D eigenvalue weighted by Gasteiger charge is -2.06. The van der Waals surface area contributed by atoms with Gasteiger partial charge in [-0.15, -0.1) is 11.3 Å². The van der Waals surface area contributed by atoms with Crippen LogP contribution in [0.3, 0.4) is 0 Å². The SMILES string of the molecule is N#Cc1ccsc1NC(=O)c1cc(Cl)ncc1N. The van der Waals surface area contributed by atoms with Crippen molar-refractivity contribution in [2.45, 2.75) is 0 Å². The van der Waals surface area contributed by atoms with Crippen molar-refractivity contribution in [2.24, 2.45) is 0 Å². The van der Waals surface area contributed by atoms with Crippen LogP contribution >= 0.6 is 22.9 Å². The molecule has 0 saturated carbocycles. The van der Waals surface area contributed by atoms with Crippen molar-refractivity contribution >= 4 is 39.5 Å². The average Bonchev–Trinajstić information content (AvgIpc) is 2.79. The van der Waals surface area contributed by atoms with Gasteiger partial charge in [0.2, 0.25) is 0 Å². The van der Waals surface area contributed by atoms with Crippen LogP contribution in [-0.2, 0) is 0 Å². The van der Waals surface area contributed by atoms with E-state index < -0.39 is 5.91 Å². The van der Waals surface area contributed by atoms with Crippen molar-refractivity contribution in [3.63, 3.8) is 0 Å². The maximum atomic E-state index is 12.0. The van der Waals surface area contributed by atoms with Crippen LogP contribution < -0.4 is 11.1 Å². The molecule has 0 fully saturated rings. The molecule has 5 nitrogen and oxygen atoms in total. The van der Waals surface area contributed by atoms with E-state index in [-0.39, 0.29) is 16.4 Å². The number of carbonyl (C=O) groups is 1. The van der Waals surface area contributed by atoms with Gasteiger partial charge >= 0.3 is 0 Å². The minimum absolute atomic E-state index is 0.182. The Kier molecular flexibility index (Phi) is 3.46. The van der Waals surface area contributed by atoms with E-state index in [4.69, 9.17) is 22.6 Å². The maximum absolute atomic E-state index is 12.0. The predicted molar refractivity (Wildman–Crippen MR) is 70.6 cm³/mol. The smallest absolute Gasteiger partial charge is 0.258 e. The van der Waals surface area contributed by atoms with Crippen LogP contribution in [0.1, 0.15) is 15.9 Å². The number of aromatic nitrogens is 1. The molecule has 0 aliphatic heterocycles. The highest BCUT2D eigenvalue weighted by atomic mass is 35.5. The number of nitrogen functional groups attached to an aromatic ring is 1. The van der Waals surface area contributed by atoms with E-state index in [0.717, 1.165) is 0 Å². The van der Waals surface area contributed by atoms with Gasteiger partial charge in [-0.05, 0) is 17.5 Å². The standard InChI is InChI=1S/C11H7ClN4OS/c12-9-3-7(8(14)5-15-9)10(17)16-11-6(4-13)1-2-18-11/h1-3,5H,14H2,(H,16,17). The van der Waals surface area contributed by atoms with E-state index in [0.29, 0.717) is 10.6 Å². The van der Waals surface area contributed by atoms with Gasteiger partial charge in [0.1, 0.15) is 16.2 Å². The van der Waals surface area contributed by atoms with Crippen LogP contribution in [0.15, 0.2) is 23.7 Å². The average molecular weight is 279 g/mol. The molecule has 0 bridgehead atoms. The number of nitrogens with zero attached hydrogens (tertiary/aromatic N) is 2. The summed E-state index contributed by atoms with van der Waals surface area (Å²) >= 11 is 6.97. The zero-order valence-corrected chi connectivity index (χ0v) is 10.5. The van der Waals surface area contributed by atoms with Gasteiger partial charge in [-0.2, -0.15) is 5.26 Å². The largest absolute Gasteiger partial charge is 0.397 e. The summed E-state index contributed by atoms with van der Waals surface area (Å²) in [6.07, 6.45) is 1.32. The quantitative estimate of drug-likeness (QED) is 0.826. The Morgan fingerprint density at radius 2 is 2.39 bits per heavy atom.